The SMILES string of the molecule is Cn1nc(C(=O)Cc2cccc(F)c2)c2ccccc21. The second-order valence-electron chi connectivity index (χ2n) is 4.72. The van der Waals surface area contributed by atoms with Crippen LogP contribution in [0.25, 0.3) is 10.9 Å². The fourth-order valence-corrected chi connectivity index (χ4v) is 2.34. The second-order valence-corrected chi connectivity index (χ2v) is 4.72. The molecule has 0 aliphatic rings. The molecule has 3 rings (SSSR count). The molecule has 2 aromatic carbocycles. The largest absolute Gasteiger partial charge is 0.292 e. The van der Waals surface area contributed by atoms with Gasteiger partial charge in [0.2, 0.25) is 0 Å². The highest BCUT2D eigenvalue weighted by atomic mass is 19.1. The van der Waals surface area contributed by atoms with E-state index in [1.54, 1.807) is 23.9 Å². The van der Waals surface area contributed by atoms with Gasteiger partial charge in [0.1, 0.15) is 11.5 Å². The van der Waals surface area contributed by atoms with Gasteiger partial charge >= 0.3 is 0 Å². The fourth-order valence-electron chi connectivity index (χ4n) is 2.34. The summed E-state index contributed by atoms with van der Waals surface area (Å²) in [5, 5.41) is 5.11. The number of carbonyl (C=O) groups is 1. The number of aryl methyl sites for hydroxylation is 1. The number of rotatable bonds is 3. The molecule has 0 bridgehead atoms. The van der Waals surface area contributed by atoms with E-state index in [4.69, 9.17) is 0 Å². The average molecular weight is 268 g/mol. The molecule has 0 spiro atoms. The Morgan fingerprint density at radius 2 is 2.00 bits per heavy atom. The van der Waals surface area contributed by atoms with Crippen molar-refractivity contribution in [1.82, 2.24) is 9.78 Å². The Kier molecular flexibility index (Phi) is 3.06. The van der Waals surface area contributed by atoms with Gasteiger partial charge in [-0.1, -0.05) is 30.3 Å². The lowest BCUT2D eigenvalue weighted by Gasteiger charge is -1.99. The number of hydrogen-bond acceptors (Lipinski definition) is 2. The van der Waals surface area contributed by atoms with Crippen molar-refractivity contribution in [1.29, 1.82) is 0 Å². The number of hydrogen-bond donors (Lipinski definition) is 0. The van der Waals surface area contributed by atoms with Crippen LogP contribution in [0.15, 0.2) is 48.5 Å². The third-order valence-electron chi connectivity index (χ3n) is 3.28. The van der Waals surface area contributed by atoms with E-state index in [-0.39, 0.29) is 18.0 Å². The van der Waals surface area contributed by atoms with Gasteiger partial charge < -0.3 is 0 Å². The minimum atomic E-state index is -0.332. The van der Waals surface area contributed by atoms with Crippen LogP contribution < -0.4 is 0 Å². The monoisotopic (exact) mass is 268 g/mol. The molecule has 100 valence electrons. The third-order valence-corrected chi connectivity index (χ3v) is 3.28. The molecule has 0 atom stereocenters. The van der Waals surface area contributed by atoms with Crippen LogP contribution in [0.4, 0.5) is 4.39 Å². The van der Waals surface area contributed by atoms with E-state index < -0.39 is 0 Å². The lowest BCUT2D eigenvalue weighted by molar-refractivity contribution is 0.0989. The Morgan fingerprint density at radius 1 is 1.20 bits per heavy atom. The standard InChI is InChI=1S/C16H13FN2O/c1-19-14-8-3-2-7-13(14)16(18-19)15(20)10-11-5-4-6-12(17)9-11/h2-9H,10H2,1H3. The third kappa shape index (κ3) is 2.20. The summed E-state index contributed by atoms with van der Waals surface area (Å²) in [7, 11) is 1.81. The summed E-state index contributed by atoms with van der Waals surface area (Å²) in [5.74, 6) is -0.437. The van der Waals surface area contributed by atoms with Crippen molar-refractivity contribution in [2.24, 2.45) is 7.05 Å². The summed E-state index contributed by atoms with van der Waals surface area (Å²) in [6, 6.07) is 13.7. The Bertz CT molecular complexity index is 792. The van der Waals surface area contributed by atoms with Gasteiger partial charge in [-0.3, -0.25) is 9.48 Å². The Balaban J connectivity index is 1.97. The van der Waals surface area contributed by atoms with Crippen molar-refractivity contribution >= 4 is 16.7 Å². The molecule has 0 unspecified atom stereocenters. The zero-order chi connectivity index (χ0) is 14.1. The molecule has 0 aliphatic carbocycles. The van der Waals surface area contributed by atoms with Gasteiger partial charge in [-0.25, -0.2) is 4.39 Å². The molecule has 1 aromatic heterocycles. The number of para-hydroxylation sites is 1. The quantitative estimate of drug-likeness (QED) is 0.684. The van der Waals surface area contributed by atoms with Crippen LogP contribution >= 0.6 is 0 Å². The molecule has 0 saturated carbocycles. The molecule has 20 heavy (non-hydrogen) atoms. The molecule has 3 aromatic rings. The van der Waals surface area contributed by atoms with Crippen molar-refractivity contribution in [2.75, 3.05) is 0 Å². The van der Waals surface area contributed by atoms with Gasteiger partial charge in [0, 0.05) is 18.9 Å². The maximum atomic E-state index is 13.1. The van der Waals surface area contributed by atoms with Gasteiger partial charge in [-0.05, 0) is 23.8 Å². The van der Waals surface area contributed by atoms with E-state index >= 15 is 0 Å². The Morgan fingerprint density at radius 3 is 2.80 bits per heavy atom. The number of nitrogens with zero attached hydrogens (tertiary/aromatic N) is 2. The summed E-state index contributed by atoms with van der Waals surface area (Å²) >= 11 is 0. The van der Waals surface area contributed by atoms with Gasteiger partial charge in [0.15, 0.2) is 5.78 Å². The fraction of sp³-hybridized carbons (Fsp3) is 0.125. The van der Waals surface area contributed by atoms with E-state index in [0.717, 1.165) is 10.9 Å². The molecule has 0 radical (unpaired) electrons. The predicted octanol–water partition coefficient (Wildman–Crippen LogP) is 3.14. The second kappa shape index (κ2) is 4.89. The van der Waals surface area contributed by atoms with Crippen LogP contribution in [-0.2, 0) is 13.5 Å². The van der Waals surface area contributed by atoms with Crippen molar-refractivity contribution in [2.45, 2.75) is 6.42 Å². The number of benzene rings is 2. The summed E-state index contributed by atoms with van der Waals surface area (Å²) in [6.07, 6.45) is 0.152. The number of halogens is 1. The summed E-state index contributed by atoms with van der Waals surface area (Å²) in [6.45, 7) is 0. The topological polar surface area (TPSA) is 34.9 Å². The molecule has 0 aliphatic heterocycles. The Labute approximate surface area is 115 Å². The molecule has 3 nitrogen and oxygen atoms in total. The number of Topliss-reactive ketones (excluding diaryl/α,β-unsaturated/α-hetero) is 1. The first-order valence-electron chi connectivity index (χ1n) is 6.34. The van der Waals surface area contributed by atoms with Crippen molar-refractivity contribution in [3.63, 3.8) is 0 Å². The molecular formula is C16H13FN2O. The van der Waals surface area contributed by atoms with E-state index in [0.29, 0.717) is 11.3 Å². The minimum Gasteiger partial charge on any atom is -0.292 e. The highest BCUT2D eigenvalue weighted by Gasteiger charge is 2.16. The first-order valence-corrected chi connectivity index (χ1v) is 6.34. The number of carbonyl (C=O) groups excluding carboxylic acids is 1. The summed E-state index contributed by atoms with van der Waals surface area (Å²) < 4.78 is 14.8. The molecule has 4 heteroatoms. The van der Waals surface area contributed by atoms with Crippen LogP contribution in [0.2, 0.25) is 0 Å². The van der Waals surface area contributed by atoms with E-state index in [1.807, 2.05) is 24.3 Å². The lowest BCUT2D eigenvalue weighted by atomic mass is 10.0. The van der Waals surface area contributed by atoms with Gasteiger partial charge in [-0.15, -0.1) is 0 Å². The van der Waals surface area contributed by atoms with Crippen LogP contribution in [0.5, 0.6) is 0 Å². The van der Waals surface area contributed by atoms with E-state index in [9.17, 15) is 9.18 Å². The van der Waals surface area contributed by atoms with E-state index in [1.165, 1.54) is 12.1 Å². The zero-order valence-electron chi connectivity index (χ0n) is 11.0. The molecular weight excluding hydrogens is 255 g/mol. The molecule has 0 N–H and O–H groups in total. The highest BCUT2D eigenvalue weighted by molar-refractivity contribution is 6.06. The van der Waals surface area contributed by atoms with Crippen LogP contribution in [0.3, 0.4) is 0 Å². The van der Waals surface area contributed by atoms with Crippen LogP contribution in [-0.4, -0.2) is 15.6 Å². The van der Waals surface area contributed by atoms with Crippen molar-refractivity contribution < 1.29 is 9.18 Å². The van der Waals surface area contributed by atoms with Crippen LogP contribution in [0, 0.1) is 5.82 Å². The van der Waals surface area contributed by atoms with Gasteiger partial charge in [0.25, 0.3) is 0 Å². The normalized spacial score (nSPS) is 10.9. The van der Waals surface area contributed by atoms with Gasteiger partial charge in [-0.2, -0.15) is 5.10 Å². The minimum absolute atomic E-state index is 0.104. The number of aromatic nitrogens is 2. The first kappa shape index (κ1) is 12.5. The maximum Gasteiger partial charge on any atom is 0.188 e. The van der Waals surface area contributed by atoms with Gasteiger partial charge in [0.05, 0.1) is 5.52 Å². The molecule has 0 amide bonds. The predicted molar refractivity (Wildman–Crippen MR) is 75.1 cm³/mol. The summed E-state index contributed by atoms with van der Waals surface area (Å²) in [4.78, 5) is 12.4. The van der Waals surface area contributed by atoms with Crippen molar-refractivity contribution in [3.8, 4) is 0 Å². The Hall–Kier alpha value is -2.49. The first-order chi connectivity index (χ1) is 9.65. The zero-order valence-corrected chi connectivity index (χ0v) is 11.0. The summed E-state index contributed by atoms with van der Waals surface area (Å²) in [5.41, 5.74) is 2.01. The number of fused-ring (bicyclic) bond motifs is 1. The molecule has 0 saturated heterocycles. The average Bonchev–Trinajstić information content (AvgIpc) is 2.77. The van der Waals surface area contributed by atoms with E-state index in [2.05, 4.69) is 5.10 Å². The highest BCUT2D eigenvalue weighted by Crippen LogP contribution is 2.19. The van der Waals surface area contributed by atoms with Crippen molar-refractivity contribution in [3.05, 3.63) is 65.6 Å². The molecule has 0 fully saturated rings. The van der Waals surface area contributed by atoms with Crippen LogP contribution in [0.1, 0.15) is 16.1 Å². The smallest absolute Gasteiger partial charge is 0.188 e. The lowest BCUT2D eigenvalue weighted by Crippen LogP contribution is -2.06. The number of ketones is 1. The maximum absolute atomic E-state index is 13.1. The molecule has 1 heterocycles.